The van der Waals surface area contributed by atoms with E-state index in [9.17, 15) is 36.9 Å². The van der Waals surface area contributed by atoms with E-state index in [1.807, 2.05) is 0 Å². The van der Waals surface area contributed by atoms with Gasteiger partial charge in [-0.05, 0) is 76.2 Å². The van der Waals surface area contributed by atoms with Crippen LogP contribution < -0.4 is 16.0 Å². The highest BCUT2D eigenvalue weighted by atomic mass is 32.2. The molecule has 1 fully saturated rings. The molecule has 294 valence electrons. The maximum absolute atomic E-state index is 13.8. The number of β-lactam (4-membered cyclic amide) rings is 1. The first-order chi connectivity index (χ1) is 24.0. The smallest absolute Gasteiger partial charge is 0.413 e. The number of oxime groups is 1. The van der Waals surface area contributed by atoms with Crippen molar-refractivity contribution in [2.75, 3.05) is 5.32 Å². The third-order valence-corrected chi connectivity index (χ3v) is 7.98. The van der Waals surface area contributed by atoms with Crippen molar-refractivity contribution in [2.45, 2.75) is 124 Å². The molecule has 1 aliphatic heterocycles. The molecule has 1 saturated heterocycles. The van der Waals surface area contributed by atoms with E-state index in [1.165, 1.54) is 25.6 Å². The number of amides is 4. The molecule has 0 spiro atoms. The molecule has 0 aliphatic carbocycles. The molecule has 21 nitrogen and oxygen atoms in total. The molecule has 0 unspecified atom stereocenters. The van der Waals surface area contributed by atoms with Gasteiger partial charge < -0.3 is 29.7 Å². The molecule has 0 saturated carbocycles. The topological polar surface area (TPSA) is 272 Å². The van der Waals surface area contributed by atoms with Crippen molar-refractivity contribution in [1.29, 1.82) is 0 Å². The van der Waals surface area contributed by atoms with Crippen LogP contribution in [0.25, 0.3) is 0 Å². The summed E-state index contributed by atoms with van der Waals surface area (Å²) in [7, 11) is -5.10. The zero-order valence-corrected chi connectivity index (χ0v) is 32.8. The summed E-state index contributed by atoms with van der Waals surface area (Å²) in [5.74, 6) is -3.04. The highest BCUT2D eigenvalue weighted by Crippen LogP contribution is 2.26. The number of rotatable bonds is 12. The van der Waals surface area contributed by atoms with Crippen LogP contribution in [-0.4, -0.2) is 107 Å². The van der Waals surface area contributed by atoms with Crippen molar-refractivity contribution in [3.63, 3.8) is 0 Å². The predicted octanol–water partition coefficient (Wildman–Crippen LogP) is 2.15. The van der Waals surface area contributed by atoms with Gasteiger partial charge in [-0.25, -0.2) is 28.7 Å². The number of hydrogen-bond acceptors (Lipinski definition) is 16. The number of nitrogens with zero attached hydrogens (tertiary/aromatic N) is 6. The number of carbonyl (C=O) groups excluding carboxylic acids is 5. The molecular formula is C30H45N9O12S2. The zero-order valence-electron chi connectivity index (χ0n) is 31.2. The fraction of sp³-hybridized carbons (Fsp3) is 0.633. The second-order valence-corrected chi connectivity index (χ2v) is 17.2. The van der Waals surface area contributed by atoms with Gasteiger partial charge in [0.2, 0.25) is 5.60 Å². The zero-order chi connectivity index (χ0) is 40.3. The first-order valence-electron chi connectivity index (χ1n) is 16.0. The third-order valence-electron chi connectivity index (χ3n) is 6.28. The van der Waals surface area contributed by atoms with Gasteiger partial charge >= 0.3 is 28.5 Å². The molecule has 4 N–H and O–H groups in total. The summed E-state index contributed by atoms with van der Waals surface area (Å²) >= 11 is 0.882. The Balaban J connectivity index is 1.89. The van der Waals surface area contributed by atoms with E-state index >= 15 is 0 Å². The predicted molar refractivity (Wildman–Crippen MR) is 187 cm³/mol. The summed E-state index contributed by atoms with van der Waals surface area (Å²) in [5.41, 5.74) is -4.97. The summed E-state index contributed by atoms with van der Waals surface area (Å²) in [6.45, 7) is 17.0. The highest BCUT2D eigenvalue weighted by Gasteiger charge is 2.54. The van der Waals surface area contributed by atoms with Crippen LogP contribution in [-0.2, 0) is 56.8 Å². The lowest BCUT2D eigenvalue weighted by molar-refractivity contribution is -0.179. The monoisotopic (exact) mass is 787 g/mol. The first-order valence-corrected chi connectivity index (χ1v) is 18.2. The Bertz CT molecular complexity index is 1850. The van der Waals surface area contributed by atoms with Crippen LogP contribution in [0.1, 0.15) is 87.7 Å². The average Bonchev–Trinajstić information content (AvgIpc) is 3.60. The Hall–Kier alpha value is -4.90. The second kappa shape index (κ2) is 15.6. The van der Waals surface area contributed by atoms with Crippen LogP contribution in [0.15, 0.2) is 16.9 Å². The minimum Gasteiger partial charge on any atom is -0.457 e. The van der Waals surface area contributed by atoms with E-state index in [2.05, 4.69) is 36.2 Å². The van der Waals surface area contributed by atoms with Gasteiger partial charge in [-0.3, -0.25) is 24.1 Å². The van der Waals surface area contributed by atoms with Crippen LogP contribution in [0.5, 0.6) is 0 Å². The van der Waals surface area contributed by atoms with Crippen molar-refractivity contribution in [1.82, 2.24) is 34.7 Å². The van der Waals surface area contributed by atoms with E-state index in [0.717, 1.165) is 16.0 Å². The van der Waals surface area contributed by atoms with Gasteiger partial charge in [0.1, 0.15) is 34.9 Å². The van der Waals surface area contributed by atoms with E-state index in [1.54, 1.807) is 62.3 Å². The molecule has 3 rings (SSSR count). The number of nitrogens with one attached hydrogen (secondary N) is 3. The maximum Gasteiger partial charge on any atom is 0.413 e. The van der Waals surface area contributed by atoms with Gasteiger partial charge in [-0.1, -0.05) is 5.16 Å². The van der Waals surface area contributed by atoms with Crippen LogP contribution in [0.3, 0.4) is 0 Å². The maximum atomic E-state index is 13.8. The second-order valence-electron chi connectivity index (χ2n) is 15.1. The van der Waals surface area contributed by atoms with Crippen LogP contribution in [0, 0.1) is 0 Å². The van der Waals surface area contributed by atoms with Crippen molar-refractivity contribution in [2.24, 2.45) is 5.16 Å². The normalized spacial score (nSPS) is 17.0. The Morgan fingerprint density at radius 2 is 1.53 bits per heavy atom. The molecule has 0 bridgehead atoms. The minimum absolute atomic E-state index is 0.0144. The summed E-state index contributed by atoms with van der Waals surface area (Å²) in [6, 6.07) is -2.99. The van der Waals surface area contributed by atoms with Gasteiger partial charge in [0, 0.05) is 5.38 Å². The van der Waals surface area contributed by atoms with Crippen LogP contribution in [0.4, 0.5) is 14.7 Å². The lowest BCUT2D eigenvalue weighted by atomic mass is 9.98. The number of thiazole rings is 1. The fourth-order valence-corrected chi connectivity index (χ4v) is 5.70. The minimum atomic E-state index is -5.10. The summed E-state index contributed by atoms with van der Waals surface area (Å²) in [4.78, 5) is 77.7. The number of carbonyl (C=O) groups is 5. The standard InChI is InChI=1S/C30H45N9O12S2/c1-27(2,3)48-23(42)30(10,11)51-37-19(16-14-52-24(33-16)35-26(44)50-29(7,8)9)21(40)34-20-17(39(22(20)41)53(45,46)47)13-38-15-32-18(36-38)12-31-25(43)49-28(4,5)6/h14-15,17,20H,12-13H2,1-11H3,(H,31,43)(H,34,40)(H,33,35,44)(H,45,46,47)/b37-19+/t17-,20+/m1/s1. The van der Waals surface area contributed by atoms with Gasteiger partial charge in [-0.15, -0.1) is 11.3 Å². The Kier molecular flexibility index (Phi) is 12.5. The molecule has 1 aliphatic rings. The molecule has 0 aromatic carbocycles. The third kappa shape index (κ3) is 12.6. The van der Waals surface area contributed by atoms with Crippen LogP contribution in [0.2, 0.25) is 0 Å². The molecule has 2 atom stereocenters. The number of alkyl carbamates (subject to hydrolysis) is 1. The van der Waals surface area contributed by atoms with Gasteiger partial charge in [-0.2, -0.15) is 13.5 Å². The number of hydrogen-bond donors (Lipinski definition) is 4. The largest absolute Gasteiger partial charge is 0.457 e. The van der Waals surface area contributed by atoms with Crippen molar-refractivity contribution >= 4 is 62.5 Å². The summed E-state index contributed by atoms with van der Waals surface area (Å²) in [5, 5.41) is 16.6. The number of anilines is 1. The van der Waals surface area contributed by atoms with E-state index in [4.69, 9.17) is 19.0 Å². The van der Waals surface area contributed by atoms with Gasteiger partial charge in [0.25, 0.3) is 11.8 Å². The SMILES string of the molecule is CC(C)(C)OC(=O)NCc1ncn(C[C@@H]2[C@H](NC(=O)/C(=N/OC(C)(C)C(=O)OC(C)(C)C)c3csc(NC(=O)OC(C)(C)C)n3)C(=O)N2S(=O)(=O)O)n1. The van der Waals surface area contributed by atoms with Crippen molar-refractivity contribution in [3.05, 3.63) is 23.2 Å². The van der Waals surface area contributed by atoms with Crippen molar-refractivity contribution < 1.29 is 56.0 Å². The number of aromatic nitrogens is 4. The van der Waals surface area contributed by atoms with Gasteiger partial charge in [0.05, 0.1) is 19.1 Å². The first kappa shape index (κ1) is 42.5. The number of esters is 1. The molecule has 3 heterocycles. The number of ether oxygens (including phenoxy) is 3. The van der Waals surface area contributed by atoms with Crippen molar-refractivity contribution in [3.8, 4) is 0 Å². The lowest BCUT2D eigenvalue weighted by Gasteiger charge is -2.43. The Morgan fingerprint density at radius 3 is 2.09 bits per heavy atom. The molecule has 2 aromatic rings. The van der Waals surface area contributed by atoms with Gasteiger partial charge in [0.15, 0.2) is 16.7 Å². The van der Waals surface area contributed by atoms with Crippen LogP contribution >= 0.6 is 11.3 Å². The van der Waals surface area contributed by atoms with E-state index < -0.39 is 87.0 Å². The molecule has 0 radical (unpaired) electrons. The summed E-state index contributed by atoms with van der Waals surface area (Å²) < 4.78 is 51.2. The summed E-state index contributed by atoms with van der Waals surface area (Å²) in [6.07, 6.45) is -0.388. The average molecular weight is 788 g/mol. The molecule has 4 amide bonds. The Morgan fingerprint density at radius 1 is 0.943 bits per heavy atom. The fourth-order valence-electron chi connectivity index (χ4n) is 4.14. The van der Waals surface area contributed by atoms with E-state index in [0.29, 0.717) is 0 Å². The Labute approximate surface area is 310 Å². The molecule has 2 aromatic heterocycles. The molecule has 53 heavy (non-hydrogen) atoms. The van der Waals surface area contributed by atoms with E-state index in [-0.39, 0.29) is 27.5 Å². The highest BCUT2D eigenvalue weighted by molar-refractivity contribution is 7.84. The lowest BCUT2D eigenvalue weighted by Crippen LogP contribution is -2.73. The molecular weight excluding hydrogens is 743 g/mol. The molecule has 23 heteroatoms. The quantitative estimate of drug-likeness (QED) is 0.0599.